The first-order valence-electron chi connectivity index (χ1n) is 6.99. The molecule has 3 rings (SSSR count). The van der Waals surface area contributed by atoms with Gasteiger partial charge in [0.15, 0.2) is 0 Å². The van der Waals surface area contributed by atoms with Crippen LogP contribution in [0.1, 0.15) is 29.3 Å². The summed E-state index contributed by atoms with van der Waals surface area (Å²) in [5, 5.41) is 12.8. The average Bonchev–Trinajstić information content (AvgIpc) is 3.02. The number of fused-ring (bicyclic) bond motifs is 1. The Morgan fingerprint density at radius 2 is 2.37 bits per heavy atom. The average molecular weight is 260 g/mol. The number of hydrogen-bond acceptors (Lipinski definition) is 3. The van der Waals surface area contributed by atoms with Gasteiger partial charge in [0, 0.05) is 24.3 Å². The number of anilines is 1. The van der Waals surface area contributed by atoms with Crippen LogP contribution in [0.5, 0.6) is 0 Å². The van der Waals surface area contributed by atoms with Gasteiger partial charge in [-0.2, -0.15) is 0 Å². The highest BCUT2D eigenvalue weighted by Crippen LogP contribution is 2.28. The van der Waals surface area contributed by atoms with Gasteiger partial charge in [-0.25, -0.2) is 0 Å². The van der Waals surface area contributed by atoms with Crippen molar-refractivity contribution in [2.24, 2.45) is 5.92 Å². The van der Waals surface area contributed by atoms with Crippen LogP contribution < -0.4 is 5.32 Å². The first kappa shape index (κ1) is 12.5. The zero-order chi connectivity index (χ0) is 13.4. The highest BCUT2D eigenvalue weighted by atomic mass is 16.3. The van der Waals surface area contributed by atoms with Crippen LogP contribution in [0.15, 0.2) is 18.2 Å². The van der Waals surface area contributed by atoms with Crippen LogP contribution in [0, 0.1) is 5.92 Å². The molecule has 2 aliphatic heterocycles. The summed E-state index contributed by atoms with van der Waals surface area (Å²) in [6, 6.07) is 5.86. The third-order valence-electron chi connectivity index (χ3n) is 4.40. The van der Waals surface area contributed by atoms with Gasteiger partial charge in [-0.1, -0.05) is 13.0 Å². The number of amides is 1. The highest BCUT2D eigenvalue weighted by Gasteiger charge is 2.34. The Balaban J connectivity index is 1.84. The van der Waals surface area contributed by atoms with Gasteiger partial charge in [-0.15, -0.1) is 0 Å². The van der Waals surface area contributed by atoms with Gasteiger partial charge >= 0.3 is 0 Å². The lowest BCUT2D eigenvalue weighted by Crippen LogP contribution is -2.39. The van der Waals surface area contributed by atoms with Gasteiger partial charge < -0.3 is 15.3 Å². The smallest absolute Gasteiger partial charge is 0.254 e. The Hall–Kier alpha value is -1.55. The molecular weight excluding hydrogens is 240 g/mol. The van der Waals surface area contributed by atoms with E-state index in [9.17, 15) is 9.90 Å². The Morgan fingerprint density at radius 3 is 3.16 bits per heavy atom. The van der Waals surface area contributed by atoms with E-state index in [0.717, 1.165) is 37.2 Å². The van der Waals surface area contributed by atoms with Crippen molar-refractivity contribution in [3.8, 4) is 0 Å². The summed E-state index contributed by atoms with van der Waals surface area (Å²) >= 11 is 0. The minimum atomic E-state index is -0.0336. The SMILES string of the molecule is CC1CCN(C(=O)c2ccc3c(c2)NCC3)C1CO. The summed E-state index contributed by atoms with van der Waals surface area (Å²) in [6.45, 7) is 3.84. The van der Waals surface area contributed by atoms with E-state index in [1.165, 1.54) is 5.56 Å². The van der Waals surface area contributed by atoms with Crippen LogP contribution in [-0.4, -0.2) is 41.7 Å². The van der Waals surface area contributed by atoms with Crippen LogP contribution in [-0.2, 0) is 6.42 Å². The second-order valence-electron chi connectivity index (χ2n) is 5.56. The quantitative estimate of drug-likeness (QED) is 0.847. The number of hydrogen-bond donors (Lipinski definition) is 2. The van der Waals surface area contributed by atoms with Crippen molar-refractivity contribution < 1.29 is 9.90 Å². The number of rotatable bonds is 2. The van der Waals surface area contributed by atoms with Crippen molar-refractivity contribution >= 4 is 11.6 Å². The Morgan fingerprint density at radius 1 is 1.53 bits per heavy atom. The monoisotopic (exact) mass is 260 g/mol. The van der Waals surface area contributed by atoms with Crippen LogP contribution >= 0.6 is 0 Å². The molecule has 1 fully saturated rings. The number of likely N-dealkylation sites (tertiary alicyclic amines) is 1. The molecule has 1 aromatic rings. The van der Waals surface area contributed by atoms with Crippen molar-refractivity contribution in [2.45, 2.75) is 25.8 Å². The second-order valence-corrected chi connectivity index (χ2v) is 5.56. The number of nitrogens with one attached hydrogen (secondary N) is 1. The molecule has 2 N–H and O–H groups in total. The maximum Gasteiger partial charge on any atom is 0.254 e. The minimum absolute atomic E-state index is 0.0336. The van der Waals surface area contributed by atoms with Crippen LogP contribution in [0.4, 0.5) is 5.69 Å². The van der Waals surface area contributed by atoms with Crippen molar-refractivity contribution in [3.63, 3.8) is 0 Å². The lowest BCUT2D eigenvalue weighted by atomic mass is 10.0. The van der Waals surface area contributed by atoms with Crippen molar-refractivity contribution in [1.29, 1.82) is 0 Å². The van der Waals surface area contributed by atoms with Gasteiger partial charge in [0.05, 0.1) is 12.6 Å². The van der Waals surface area contributed by atoms with E-state index in [1.54, 1.807) is 0 Å². The summed E-state index contributed by atoms with van der Waals surface area (Å²) in [6.07, 6.45) is 2.00. The molecule has 19 heavy (non-hydrogen) atoms. The standard InChI is InChI=1S/C15H20N2O2/c1-10-5-7-17(14(10)9-18)15(19)12-3-2-11-4-6-16-13(11)8-12/h2-3,8,10,14,16,18H,4-7,9H2,1H3. The molecule has 0 saturated carbocycles. The topological polar surface area (TPSA) is 52.6 Å². The normalized spacial score (nSPS) is 25.3. The molecule has 2 heterocycles. The second kappa shape index (κ2) is 4.85. The molecule has 1 aromatic carbocycles. The fourth-order valence-corrected chi connectivity index (χ4v) is 3.13. The fraction of sp³-hybridized carbons (Fsp3) is 0.533. The van der Waals surface area contributed by atoms with Gasteiger partial charge in [0.25, 0.3) is 5.91 Å². The molecule has 1 saturated heterocycles. The Labute approximate surface area is 113 Å². The van der Waals surface area contributed by atoms with E-state index < -0.39 is 0 Å². The number of nitrogens with zero attached hydrogens (tertiary/aromatic N) is 1. The van der Waals surface area contributed by atoms with E-state index in [4.69, 9.17) is 0 Å². The van der Waals surface area contributed by atoms with E-state index >= 15 is 0 Å². The Kier molecular flexibility index (Phi) is 3.19. The molecular formula is C15H20N2O2. The first-order chi connectivity index (χ1) is 9.20. The van der Waals surface area contributed by atoms with E-state index in [0.29, 0.717) is 5.92 Å². The molecule has 102 valence electrons. The Bertz CT molecular complexity index is 501. The molecule has 0 spiro atoms. The largest absolute Gasteiger partial charge is 0.394 e. The predicted molar refractivity (Wildman–Crippen MR) is 74.3 cm³/mol. The summed E-state index contributed by atoms with van der Waals surface area (Å²) in [5.74, 6) is 0.418. The van der Waals surface area contributed by atoms with Gasteiger partial charge in [0.1, 0.15) is 0 Å². The number of carbonyl (C=O) groups is 1. The van der Waals surface area contributed by atoms with Crippen LogP contribution in [0.3, 0.4) is 0 Å². The zero-order valence-corrected chi connectivity index (χ0v) is 11.2. The van der Waals surface area contributed by atoms with E-state index in [1.807, 2.05) is 23.1 Å². The minimum Gasteiger partial charge on any atom is -0.394 e. The number of aliphatic hydroxyl groups is 1. The third kappa shape index (κ3) is 2.10. The maximum absolute atomic E-state index is 12.5. The molecule has 2 unspecified atom stereocenters. The number of benzene rings is 1. The van der Waals surface area contributed by atoms with Gasteiger partial charge in [0.2, 0.25) is 0 Å². The first-order valence-corrected chi connectivity index (χ1v) is 6.99. The molecule has 0 radical (unpaired) electrons. The van der Waals surface area contributed by atoms with Gasteiger partial charge in [-0.3, -0.25) is 4.79 Å². The number of carbonyl (C=O) groups excluding carboxylic acids is 1. The lowest BCUT2D eigenvalue weighted by molar-refractivity contribution is 0.0648. The zero-order valence-electron chi connectivity index (χ0n) is 11.2. The fourth-order valence-electron chi connectivity index (χ4n) is 3.13. The highest BCUT2D eigenvalue weighted by molar-refractivity contribution is 5.96. The summed E-state index contributed by atoms with van der Waals surface area (Å²) in [7, 11) is 0. The molecule has 4 nitrogen and oxygen atoms in total. The van der Waals surface area contributed by atoms with E-state index in [2.05, 4.69) is 12.2 Å². The predicted octanol–water partition coefficient (Wildman–Crippen LogP) is 1.50. The molecule has 4 heteroatoms. The van der Waals surface area contributed by atoms with Gasteiger partial charge in [-0.05, 0) is 36.5 Å². The molecule has 1 amide bonds. The number of aliphatic hydroxyl groups excluding tert-OH is 1. The maximum atomic E-state index is 12.5. The summed E-state index contributed by atoms with van der Waals surface area (Å²) in [4.78, 5) is 14.4. The summed E-state index contributed by atoms with van der Waals surface area (Å²) in [5.41, 5.74) is 3.09. The lowest BCUT2D eigenvalue weighted by Gasteiger charge is -2.25. The van der Waals surface area contributed by atoms with Crippen LogP contribution in [0.25, 0.3) is 0 Å². The van der Waals surface area contributed by atoms with Crippen molar-refractivity contribution in [3.05, 3.63) is 29.3 Å². The molecule has 2 aliphatic rings. The molecule has 0 bridgehead atoms. The molecule has 0 aromatic heterocycles. The molecule has 0 aliphatic carbocycles. The summed E-state index contributed by atoms with van der Waals surface area (Å²) < 4.78 is 0. The van der Waals surface area contributed by atoms with Crippen LogP contribution in [0.2, 0.25) is 0 Å². The van der Waals surface area contributed by atoms with E-state index in [-0.39, 0.29) is 18.6 Å². The molecule has 2 atom stereocenters. The van der Waals surface area contributed by atoms with Crippen molar-refractivity contribution in [1.82, 2.24) is 4.90 Å². The van der Waals surface area contributed by atoms with Crippen molar-refractivity contribution in [2.75, 3.05) is 25.0 Å². The third-order valence-corrected chi connectivity index (χ3v) is 4.40.